The summed E-state index contributed by atoms with van der Waals surface area (Å²) in [6.07, 6.45) is 4.26. The first-order valence-corrected chi connectivity index (χ1v) is 6.16. The average molecular weight is 275 g/mol. The number of rotatable bonds is 6. The zero-order chi connectivity index (χ0) is 7.82. The second kappa shape index (κ2) is 7.94. The summed E-state index contributed by atoms with van der Waals surface area (Å²) in [5.41, 5.74) is 0. The Balaban J connectivity index is 2.84. The fourth-order valence-corrected chi connectivity index (χ4v) is 1.65. The Morgan fingerprint density at radius 3 is 2.30 bits per heavy atom. The molecule has 0 heterocycles. The average Bonchev–Trinajstić information content (AvgIpc) is 1.87. The molecule has 1 atom stereocenters. The van der Waals surface area contributed by atoms with Crippen LogP contribution < -0.4 is 0 Å². The van der Waals surface area contributed by atoms with Crippen molar-refractivity contribution in [2.24, 2.45) is 0 Å². The molecule has 2 nitrogen and oxygen atoms in total. The molecular weight excluding hydrogens is 263 g/mol. The normalized spacial score (nSPS) is 13.4. The van der Waals surface area contributed by atoms with Crippen molar-refractivity contribution in [1.82, 2.24) is 0 Å². The van der Waals surface area contributed by atoms with Gasteiger partial charge in [0.2, 0.25) is 0 Å². The van der Waals surface area contributed by atoms with Crippen molar-refractivity contribution in [1.29, 1.82) is 0 Å². The predicted octanol–water partition coefficient (Wildman–Crippen LogP) is 1.86. The van der Waals surface area contributed by atoms with Crippen LogP contribution in [0.3, 0.4) is 0 Å². The monoisotopic (exact) mass is 275 g/mol. The first kappa shape index (κ1) is 10.8. The van der Waals surface area contributed by atoms with Crippen LogP contribution in [0.2, 0.25) is 0 Å². The van der Waals surface area contributed by atoms with Gasteiger partial charge in [-0.1, -0.05) is 46.5 Å². The first-order chi connectivity index (χ1) is 4.77. The third kappa shape index (κ3) is 8.84. The van der Waals surface area contributed by atoms with Gasteiger partial charge in [-0.05, 0) is 17.3 Å². The lowest BCUT2D eigenvalue weighted by Crippen LogP contribution is -1.94. The van der Waals surface area contributed by atoms with Gasteiger partial charge in [0.1, 0.15) is 0 Å². The van der Waals surface area contributed by atoms with Crippen molar-refractivity contribution >= 4 is 33.7 Å². The molecule has 1 unspecified atom stereocenters. The highest BCUT2D eigenvalue weighted by atomic mass is 127. The van der Waals surface area contributed by atoms with Gasteiger partial charge in [-0.15, -0.1) is 0 Å². The predicted molar refractivity (Wildman–Crippen MR) is 51.1 cm³/mol. The first-order valence-electron chi connectivity index (χ1n) is 3.39. The topological polar surface area (TPSA) is 40.1 Å². The van der Waals surface area contributed by atoms with Gasteiger partial charge in [0.25, 0.3) is 0 Å². The maximum atomic E-state index is 10.0. The molecule has 0 aliphatic carbocycles. The van der Waals surface area contributed by atoms with Gasteiger partial charge in [-0.25, -0.2) is 0 Å². The zero-order valence-electron chi connectivity index (χ0n) is 5.85. The fraction of sp³-hybridized carbons (Fsp3) is 1.00. The zero-order valence-corrected chi connectivity index (χ0v) is 8.82. The Kier molecular flexibility index (Phi) is 8.61. The van der Waals surface area contributed by atoms with Gasteiger partial charge in [0.05, 0.1) is 0 Å². The van der Waals surface area contributed by atoms with Gasteiger partial charge < -0.3 is 4.55 Å². The summed E-state index contributed by atoms with van der Waals surface area (Å²) in [6.45, 7) is 0. The standard InChI is InChI=1S/C6H13IO2S/c7-5-3-1-2-4-6-10(8)9/h1-6H2,(H,8,9)/p-1. The molecule has 0 saturated heterocycles. The summed E-state index contributed by atoms with van der Waals surface area (Å²) in [7, 11) is 0. The van der Waals surface area contributed by atoms with Crippen LogP contribution in [0, 0.1) is 0 Å². The lowest BCUT2D eigenvalue weighted by Gasteiger charge is -2.02. The summed E-state index contributed by atoms with van der Waals surface area (Å²) >= 11 is 0.508. The van der Waals surface area contributed by atoms with Crippen LogP contribution in [0.25, 0.3) is 0 Å². The minimum absolute atomic E-state index is 0.335. The molecule has 62 valence electrons. The number of hydrogen-bond donors (Lipinski definition) is 0. The van der Waals surface area contributed by atoms with Crippen LogP contribution in [0.5, 0.6) is 0 Å². The van der Waals surface area contributed by atoms with Crippen molar-refractivity contribution in [3.8, 4) is 0 Å². The van der Waals surface area contributed by atoms with E-state index in [1.165, 1.54) is 17.3 Å². The maximum Gasteiger partial charge on any atom is 0.0102 e. The van der Waals surface area contributed by atoms with E-state index in [1.807, 2.05) is 0 Å². The molecule has 0 radical (unpaired) electrons. The Morgan fingerprint density at radius 1 is 1.20 bits per heavy atom. The van der Waals surface area contributed by atoms with E-state index in [4.69, 9.17) is 0 Å². The minimum atomic E-state index is -1.82. The molecule has 0 N–H and O–H groups in total. The van der Waals surface area contributed by atoms with Gasteiger partial charge in [-0.2, -0.15) is 0 Å². The van der Waals surface area contributed by atoms with Crippen molar-refractivity contribution in [3.05, 3.63) is 0 Å². The quantitative estimate of drug-likeness (QED) is 0.321. The third-order valence-corrected chi connectivity index (χ3v) is 2.58. The van der Waals surface area contributed by atoms with Crippen LogP contribution in [-0.4, -0.2) is 18.9 Å². The van der Waals surface area contributed by atoms with Crippen molar-refractivity contribution in [2.75, 3.05) is 10.2 Å². The molecule has 0 aliphatic rings. The molecule has 4 heteroatoms. The SMILES string of the molecule is O=S([O-])CCCCCCI. The van der Waals surface area contributed by atoms with E-state index in [2.05, 4.69) is 22.6 Å². The Morgan fingerprint density at radius 2 is 1.80 bits per heavy atom. The molecule has 0 spiro atoms. The number of unbranched alkanes of at least 4 members (excludes halogenated alkanes) is 3. The van der Waals surface area contributed by atoms with E-state index in [0.717, 1.165) is 12.8 Å². The molecule has 0 rings (SSSR count). The molecule has 0 aromatic carbocycles. The summed E-state index contributed by atoms with van der Waals surface area (Å²) in [5, 5.41) is 0. The van der Waals surface area contributed by atoms with Crippen LogP contribution in [-0.2, 0) is 11.1 Å². The maximum absolute atomic E-state index is 10.0. The minimum Gasteiger partial charge on any atom is -0.772 e. The molecule has 0 aliphatic heterocycles. The summed E-state index contributed by atoms with van der Waals surface area (Å²) in [6, 6.07) is 0. The Bertz CT molecular complexity index is 97.7. The molecule has 0 amide bonds. The Labute approximate surface area is 78.2 Å². The highest BCUT2D eigenvalue weighted by Crippen LogP contribution is 2.02. The van der Waals surface area contributed by atoms with Crippen LogP contribution in [0.15, 0.2) is 0 Å². The summed E-state index contributed by atoms with van der Waals surface area (Å²) in [5.74, 6) is 0.335. The number of alkyl halides is 1. The van der Waals surface area contributed by atoms with E-state index < -0.39 is 11.1 Å². The summed E-state index contributed by atoms with van der Waals surface area (Å²) < 4.78 is 21.2. The molecule has 0 aromatic heterocycles. The summed E-state index contributed by atoms with van der Waals surface area (Å²) in [4.78, 5) is 0. The molecule has 0 saturated carbocycles. The second-order valence-electron chi connectivity index (χ2n) is 2.11. The van der Waals surface area contributed by atoms with Gasteiger partial charge in [0.15, 0.2) is 0 Å². The van der Waals surface area contributed by atoms with Crippen molar-refractivity contribution < 1.29 is 8.76 Å². The fourth-order valence-electron chi connectivity index (χ4n) is 0.668. The van der Waals surface area contributed by atoms with Crippen LogP contribution in [0.4, 0.5) is 0 Å². The smallest absolute Gasteiger partial charge is 0.0102 e. The number of halogens is 1. The third-order valence-electron chi connectivity index (χ3n) is 1.19. The molecular formula is C6H12IO2S-. The van der Waals surface area contributed by atoms with E-state index in [-0.39, 0.29) is 0 Å². The lowest BCUT2D eigenvalue weighted by molar-refractivity contribution is 0.532. The van der Waals surface area contributed by atoms with E-state index >= 15 is 0 Å². The highest BCUT2D eigenvalue weighted by Gasteiger charge is 1.88. The number of hydrogen-bond acceptors (Lipinski definition) is 2. The van der Waals surface area contributed by atoms with E-state index in [0.29, 0.717) is 5.75 Å². The van der Waals surface area contributed by atoms with E-state index in [9.17, 15) is 8.76 Å². The van der Waals surface area contributed by atoms with Crippen molar-refractivity contribution in [3.63, 3.8) is 0 Å². The Hall–Kier alpha value is 0.840. The largest absolute Gasteiger partial charge is 0.772 e. The molecule has 0 aromatic rings. The molecule has 10 heavy (non-hydrogen) atoms. The van der Waals surface area contributed by atoms with Crippen LogP contribution in [0.1, 0.15) is 25.7 Å². The van der Waals surface area contributed by atoms with Gasteiger partial charge in [0, 0.05) is 5.75 Å². The van der Waals surface area contributed by atoms with Crippen molar-refractivity contribution in [2.45, 2.75) is 25.7 Å². The van der Waals surface area contributed by atoms with Gasteiger partial charge >= 0.3 is 0 Å². The highest BCUT2D eigenvalue weighted by molar-refractivity contribution is 14.1. The molecule has 0 bridgehead atoms. The second-order valence-corrected chi connectivity index (χ2v) is 4.21. The molecule has 0 fully saturated rings. The van der Waals surface area contributed by atoms with Crippen LogP contribution >= 0.6 is 22.6 Å². The lowest BCUT2D eigenvalue weighted by atomic mass is 10.2. The van der Waals surface area contributed by atoms with Gasteiger partial charge in [-0.3, -0.25) is 4.21 Å². The van der Waals surface area contributed by atoms with E-state index in [1.54, 1.807) is 0 Å².